The molecule has 1 saturated heterocycles. The van der Waals surface area contributed by atoms with Gasteiger partial charge in [-0.05, 0) is 19.3 Å². The van der Waals surface area contributed by atoms with E-state index in [2.05, 4.69) is 5.32 Å². The van der Waals surface area contributed by atoms with Gasteiger partial charge in [-0.3, -0.25) is 9.69 Å². The Hall–Kier alpha value is -0.660. The van der Waals surface area contributed by atoms with E-state index < -0.39 is 10.0 Å². The summed E-state index contributed by atoms with van der Waals surface area (Å²) < 4.78 is 25.3. The van der Waals surface area contributed by atoms with Crippen molar-refractivity contribution in [1.82, 2.24) is 14.5 Å². The first-order valence-corrected chi connectivity index (χ1v) is 8.61. The van der Waals surface area contributed by atoms with Crippen LogP contribution >= 0.6 is 0 Å². The molecule has 0 atom stereocenters. The van der Waals surface area contributed by atoms with Crippen LogP contribution in [-0.4, -0.2) is 68.0 Å². The Balaban J connectivity index is 1.74. The maximum Gasteiger partial charge on any atom is 0.234 e. The second kappa shape index (κ2) is 6.19. The van der Waals surface area contributed by atoms with Crippen LogP contribution in [-0.2, 0) is 14.8 Å². The highest BCUT2D eigenvalue weighted by Gasteiger charge is 2.28. The lowest BCUT2D eigenvalue weighted by atomic mass is 10.3. The van der Waals surface area contributed by atoms with Gasteiger partial charge in [0.2, 0.25) is 15.9 Å². The first-order chi connectivity index (χ1) is 9.01. The topological polar surface area (TPSA) is 69.7 Å². The summed E-state index contributed by atoms with van der Waals surface area (Å²) in [7, 11) is -3.09. The fourth-order valence-electron chi connectivity index (χ4n) is 2.26. The molecule has 1 aliphatic carbocycles. The number of nitrogens with one attached hydrogen (secondary N) is 1. The van der Waals surface area contributed by atoms with Crippen LogP contribution in [0.5, 0.6) is 0 Å². The molecule has 0 aromatic heterocycles. The molecule has 0 unspecified atom stereocenters. The highest BCUT2D eigenvalue weighted by atomic mass is 32.2. The quantitative estimate of drug-likeness (QED) is 0.724. The SMILES string of the molecule is CCCS(=O)(=O)N1CCN(CC(=O)NC2CC2)CC1. The second-order valence-corrected chi connectivity index (χ2v) is 7.42. The number of carbonyl (C=O) groups excluding carboxylic acids is 1. The van der Waals surface area contributed by atoms with Crippen molar-refractivity contribution in [1.29, 1.82) is 0 Å². The summed E-state index contributed by atoms with van der Waals surface area (Å²) in [5, 5.41) is 2.95. The van der Waals surface area contributed by atoms with Crippen LogP contribution in [0.2, 0.25) is 0 Å². The van der Waals surface area contributed by atoms with E-state index in [1.54, 1.807) is 4.31 Å². The number of piperazine rings is 1. The summed E-state index contributed by atoms with van der Waals surface area (Å²) in [6.45, 7) is 4.54. The first kappa shape index (κ1) is 14.7. The molecule has 2 rings (SSSR count). The molecule has 7 heteroatoms. The third-order valence-electron chi connectivity index (χ3n) is 3.50. The van der Waals surface area contributed by atoms with Gasteiger partial charge in [-0.2, -0.15) is 4.31 Å². The third kappa shape index (κ3) is 4.43. The fraction of sp³-hybridized carbons (Fsp3) is 0.917. The number of nitrogens with zero attached hydrogens (tertiary/aromatic N) is 2. The molecule has 0 aromatic rings. The molecule has 1 heterocycles. The molecule has 0 radical (unpaired) electrons. The van der Waals surface area contributed by atoms with Crippen molar-refractivity contribution >= 4 is 15.9 Å². The highest BCUT2D eigenvalue weighted by molar-refractivity contribution is 7.89. The summed E-state index contributed by atoms with van der Waals surface area (Å²) >= 11 is 0. The largest absolute Gasteiger partial charge is 0.352 e. The average molecular weight is 289 g/mol. The summed E-state index contributed by atoms with van der Waals surface area (Å²) in [4.78, 5) is 13.7. The van der Waals surface area contributed by atoms with Gasteiger partial charge in [-0.1, -0.05) is 6.92 Å². The van der Waals surface area contributed by atoms with Crippen LogP contribution in [0.15, 0.2) is 0 Å². The Morgan fingerprint density at radius 3 is 2.37 bits per heavy atom. The zero-order valence-electron chi connectivity index (χ0n) is 11.5. The van der Waals surface area contributed by atoms with E-state index >= 15 is 0 Å². The molecule has 1 saturated carbocycles. The molecule has 0 aromatic carbocycles. The standard InChI is InChI=1S/C12H23N3O3S/c1-2-9-19(17,18)15-7-5-14(6-8-15)10-12(16)13-11-3-4-11/h11H,2-10H2,1H3,(H,13,16). The first-order valence-electron chi connectivity index (χ1n) is 7.01. The Bertz CT molecular complexity index is 412. The minimum atomic E-state index is -3.09. The number of hydrogen-bond acceptors (Lipinski definition) is 4. The van der Waals surface area contributed by atoms with E-state index in [1.807, 2.05) is 11.8 Å². The molecule has 0 spiro atoms. The number of rotatable bonds is 6. The third-order valence-corrected chi connectivity index (χ3v) is 5.57. The molecule has 19 heavy (non-hydrogen) atoms. The predicted molar refractivity (Wildman–Crippen MR) is 73.3 cm³/mol. The van der Waals surface area contributed by atoms with Crippen LogP contribution in [0, 0.1) is 0 Å². The Morgan fingerprint density at radius 2 is 1.84 bits per heavy atom. The summed E-state index contributed by atoms with van der Waals surface area (Å²) in [6, 6.07) is 0.388. The minimum absolute atomic E-state index is 0.0624. The highest BCUT2D eigenvalue weighted by Crippen LogP contribution is 2.18. The van der Waals surface area contributed by atoms with Crippen molar-refractivity contribution in [3.8, 4) is 0 Å². The van der Waals surface area contributed by atoms with Gasteiger partial charge in [0.1, 0.15) is 0 Å². The molecule has 0 bridgehead atoms. The summed E-state index contributed by atoms with van der Waals surface area (Å²) in [6.07, 6.45) is 2.83. The molecule has 1 amide bonds. The van der Waals surface area contributed by atoms with Crippen molar-refractivity contribution in [2.24, 2.45) is 0 Å². The van der Waals surface area contributed by atoms with Gasteiger partial charge in [-0.15, -0.1) is 0 Å². The van der Waals surface area contributed by atoms with E-state index in [9.17, 15) is 13.2 Å². The van der Waals surface area contributed by atoms with Gasteiger partial charge >= 0.3 is 0 Å². The number of sulfonamides is 1. The summed E-state index contributed by atoms with van der Waals surface area (Å²) in [5.41, 5.74) is 0. The number of hydrogen-bond donors (Lipinski definition) is 1. The van der Waals surface area contributed by atoms with Crippen LogP contribution in [0.25, 0.3) is 0 Å². The Kier molecular flexibility index (Phi) is 4.81. The van der Waals surface area contributed by atoms with Crippen molar-refractivity contribution in [3.05, 3.63) is 0 Å². The lowest BCUT2D eigenvalue weighted by Gasteiger charge is -2.33. The maximum absolute atomic E-state index is 11.9. The molecule has 2 aliphatic rings. The predicted octanol–water partition coefficient (Wildman–Crippen LogP) is -0.378. The zero-order valence-corrected chi connectivity index (χ0v) is 12.3. The monoisotopic (exact) mass is 289 g/mol. The van der Waals surface area contributed by atoms with Gasteiger partial charge in [0, 0.05) is 32.2 Å². The molecule has 2 fully saturated rings. The smallest absolute Gasteiger partial charge is 0.234 e. The Morgan fingerprint density at radius 1 is 1.21 bits per heavy atom. The van der Waals surface area contributed by atoms with Crippen molar-refractivity contribution in [2.75, 3.05) is 38.5 Å². The van der Waals surface area contributed by atoms with Crippen molar-refractivity contribution < 1.29 is 13.2 Å². The fourth-order valence-corrected chi connectivity index (χ4v) is 3.75. The maximum atomic E-state index is 11.9. The van der Waals surface area contributed by atoms with Gasteiger partial charge in [-0.25, -0.2) is 8.42 Å². The van der Waals surface area contributed by atoms with Gasteiger partial charge < -0.3 is 5.32 Å². The van der Waals surface area contributed by atoms with Crippen LogP contribution in [0.4, 0.5) is 0 Å². The van der Waals surface area contributed by atoms with Gasteiger partial charge in [0.25, 0.3) is 0 Å². The second-order valence-electron chi connectivity index (χ2n) is 5.33. The number of carbonyl (C=O) groups is 1. The minimum Gasteiger partial charge on any atom is -0.352 e. The lowest BCUT2D eigenvalue weighted by molar-refractivity contribution is -0.122. The average Bonchev–Trinajstić information content (AvgIpc) is 3.13. The van der Waals surface area contributed by atoms with Gasteiger partial charge in [0.05, 0.1) is 12.3 Å². The van der Waals surface area contributed by atoms with Crippen molar-refractivity contribution in [2.45, 2.75) is 32.2 Å². The lowest BCUT2D eigenvalue weighted by Crippen LogP contribution is -2.51. The van der Waals surface area contributed by atoms with E-state index in [-0.39, 0.29) is 11.7 Å². The molecule has 110 valence electrons. The van der Waals surface area contributed by atoms with Crippen LogP contribution in [0.1, 0.15) is 26.2 Å². The molecule has 6 nitrogen and oxygen atoms in total. The molecule has 1 aliphatic heterocycles. The van der Waals surface area contributed by atoms with E-state index in [4.69, 9.17) is 0 Å². The number of amides is 1. The molecular weight excluding hydrogens is 266 g/mol. The Labute approximate surface area is 115 Å². The van der Waals surface area contributed by atoms with Crippen LogP contribution < -0.4 is 5.32 Å². The molecular formula is C12H23N3O3S. The zero-order chi connectivity index (χ0) is 13.9. The van der Waals surface area contributed by atoms with Crippen molar-refractivity contribution in [3.63, 3.8) is 0 Å². The summed E-state index contributed by atoms with van der Waals surface area (Å²) in [5.74, 6) is 0.280. The van der Waals surface area contributed by atoms with Crippen LogP contribution in [0.3, 0.4) is 0 Å². The molecule has 1 N–H and O–H groups in total. The van der Waals surface area contributed by atoms with E-state index in [0.717, 1.165) is 12.8 Å². The van der Waals surface area contributed by atoms with E-state index in [1.165, 1.54) is 0 Å². The normalized spacial score (nSPS) is 22.4. The van der Waals surface area contributed by atoms with Gasteiger partial charge in [0.15, 0.2) is 0 Å². The van der Waals surface area contributed by atoms with E-state index in [0.29, 0.717) is 45.2 Å².